The first-order valence-electron chi connectivity index (χ1n) is 6.91. The van der Waals surface area contributed by atoms with Gasteiger partial charge in [-0.05, 0) is 30.5 Å². The molecule has 0 amide bonds. The maximum Gasteiger partial charge on any atom is 0.118 e. The molecule has 0 bridgehead atoms. The van der Waals surface area contributed by atoms with Crippen LogP contribution < -0.4 is 15.8 Å². The number of ether oxygens (including phenoxy) is 1. The summed E-state index contributed by atoms with van der Waals surface area (Å²) in [5.41, 5.74) is 7.18. The Hall–Kier alpha value is -1.06. The van der Waals surface area contributed by atoms with Gasteiger partial charge >= 0.3 is 0 Å². The van der Waals surface area contributed by atoms with Crippen LogP contribution in [0.25, 0.3) is 0 Å². The summed E-state index contributed by atoms with van der Waals surface area (Å²) in [7, 11) is 1.69. The van der Waals surface area contributed by atoms with Crippen molar-refractivity contribution in [1.82, 2.24) is 5.32 Å². The van der Waals surface area contributed by atoms with Gasteiger partial charge in [-0.25, -0.2) is 0 Å². The van der Waals surface area contributed by atoms with Crippen LogP contribution in [0.4, 0.5) is 0 Å². The van der Waals surface area contributed by atoms with Crippen molar-refractivity contribution in [2.45, 2.75) is 37.6 Å². The van der Waals surface area contributed by atoms with E-state index >= 15 is 0 Å². The first-order valence-corrected chi connectivity index (χ1v) is 6.91. The van der Waals surface area contributed by atoms with Gasteiger partial charge < -0.3 is 15.8 Å². The van der Waals surface area contributed by atoms with Crippen molar-refractivity contribution in [2.75, 3.05) is 20.2 Å². The van der Waals surface area contributed by atoms with E-state index in [1.54, 1.807) is 7.11 Å². The second-order valence-corrected chi connectivity index (χ2v) is 5.10. The third-order valence-electron chi connectivity index (χ3n) is 3.88. The Bertz CT molecular complexity index is 344. The van der Waals surface area contributed by atoms with E-state index in [0.717, 1.165) is 12.3 Å². The highest BCUT2D eigenvalue weighted by atomic mass is 16.5. The summed E-state index contributed by atoms with van der Waals surface area (Å²) in [6.45, 7) is 1.67. The predicted molar refractivity (Wildman–Crippen MR) is 75.0 cm³/mol. The van der Waals surface area contributed by atoms with Crippen LogP contribution in [0.2, 0.25) is 0 Å². The molecule has 1 atom stereocenters. The molecule has 1 aromatic rings. The van der Waals surface area contributed by atoms with Crippen molar-refractivity contribution in [2.24, 2.45) is 5.73 Å². The third kappa shape index (κ3) is 3.47. The van der Waals surface area contributed by atoms with Crippen molar-refractivity contribution in [3.8, 4) is 5.75 Å². The highest BCUT2D eigenvalue weighted by Crippen LogP contribution is 2.21. The molecular weight excluding hydrogens is 224 g/mol. The zero-order valence-electron chi connectivity index (χ0n) is 11.2. The number of nitrogens with two attached hydrogens (primary N) is 1. The van der Waals surface area contributed by atoms with Crippen molar-refractivity contribution in [3.05, 3.63) is 29.8 Å². The molecule has 3 nitrogen and oxygen atoms in total. The fraction of sp³-hybridized carbons (Fsp3) is 0.600. The fourth-order valence-electron chi connectivity index (χ4n) is 2.65. The van der Waals surface area contributed by atoms with Crippen molar-refractivity contribution >= 4 is 0 Å². The lowest BCUT2D eigenvalue weighted by atomic mass is 9.98. The Morgan fingerprint density at radius 3 is 2.50 bits per heavy atom. The maximum absolute atomic E-state index is 5.89. The summed E-state index contributed by atoms with van der Waals surface area (Å²) in [4.78, 5) is 0. The lowest BCUT2D eigenvalue weighted by Gasteiger charge is -2.19. The van der Waals surface area contributed by atoms with Crippen LogP contribution in [0.1, 0.15) is 37.2 Å². The number of hydrogen-bond donors (Lipinski definition) is 2. The molecule has 3 heteroatoms. The van der Waals surface area contributed by atoms with E-state index in [4.69, 9.17) is 10.5 Å². The summed E-state index contributed by atoms with van der Waals surface area (Å²) in [6, 6.07) is 8.96. The molecule has 0 aliphatic heterocycles. The Balaban J connectivity index is 1.89. The van der Waals surface area contributed by atoms with E-state index in [9.17, 15) is 0 Å². The van der Waals surface area contributed by atoms with Crippen LogP contribution in [-0.2, 0) is 0 Å². The highest BCUT2D eigenvalue weighted by molar-refractivity contribution is 5.29. The zero-order chi connectivity index (χ0) is 12.8. The Labute approximate surface area is 110 Å². The molecule has 2 rings (SSSR count). The van der Waals surface area contributed by atoms with Crippen molar-refractivity contribution < 1.29 is 4.74 Å². The average molecular weight is 248 g/mol. The van der Waals surface area contributed by atoms with Gasteiger partial charge in [0.25, 0.3) is 0 Å². The molecule has 0 heterocycles. The minimum absolute atomic E-state index is 0.400. The van der Waals surface area contributed by atoms with E-state index in [0.29, 0.717) is 18.5 Å². The first kappa shape index (κ1) is 13.4. The van der Waals surface area contributed by atoms with E-state index in [1.165, 1.54) is 31.2 Å². The molecule has 100 valence electrons. The monoisotopic (exact) mass is 248 g/mol. The predicted octanol–water partition coefficient (Wildman–Crippen LogP) is 2.27. The van der Waals surface area contributed by atoms with Crippen LogP contribution in [-0.4, -0.2) is 26.2 Å². The minimum Gasteiger partial charge on any atom is -0.497 e. The number of hydrogen-bond acceptors (Lipinski definition) is 3. The molecule has 0 spiro atoms. The Morgan fingerprint density at radius 2 is 1.94 bits per heavy atom. The topological polar surface area (TPSA) is 47.3 Å². The fourth-order valence-corrected chi connectivity index (χ4v) is 2.65. The standard InChI is InChI=1S/C15H24N2O/c1-18-15-8-6-12(7-9-15)13(10-16)11-17-14-4-2-3-5-14/h6-9,13-14,17H,2-5,10-11,16H2,1H3. The third-order valence-corrected chi connectivity index (χ3v) is 3.88. The molecule has 1 aliphatic rings. The normalized spacial score (nSPS) is 17.9. The quantitative estimate of drug-likeness (QED) is 0.812. The van der Waals surface area contributed by atoms with Gasteiger partial charge in [0.15, 0.2) is 0 Å². The molecule has 0 aromatic heterocycles. The number of nitrogens with one attached hydrogen (secondary N) is 1. The highest BCUT2D eigenvalue weighted by Gasteiger charge is 2.16. The summed E-state index contributed by atoms with van der Waals surface area (Å²) in [6.07, 6.45) is 5.38. The smallest absolute Gasteiger partial charge is 0.118 e. The summed E-state index contributed by atoms with van der Waals surface area (Å²) in [5, 5.41) is 3.65. The van der Waals surface area contributed by atoms with Crippen molar-refractivity contribution in [1.29, 1.82) is 0 Å². The van der Waals surface area contributed by atoms with Crippen molar-refractivity contribution in [3.63, 3.8) is 0 Å². The van der Waals surface area contributed by atoms with Crippen LogP contribution in [0.5, 0.6) is 5.75 Å². The number of rotatable bonds is 6. The lowest BCUT2D eigenvalue weighted by Crippen LogP contribution is -2.33. The zero-order valence-corrected chi connectivity index (χ0v) is 11.2. The molecule has 1 unspecified atom stereocenters. The SMILES string of the molecule is COc1ccc(C(CN)CNC2CCCC2)cc1. The molecule has 1 saturated carbocycles. The van der Waals surface area contributed by atoms with Gasteiger partial charge in [-0.1, -0.05) is 25.0 Å². The maximum atomic E-state index is 5.89. The van der Waals surface area contributed by atoms with Gasteiger partial charge in [0.1, 0.15) is 5.75 Å². The van der Waals surface area contributed by atoms with Crippen LogP contribution in [0.3, 0.4) is 0 Å². The van der Waals surface area contributed by atoms with Gasteiger partial charge in [-0.3, -0.25) is 0 Å². The number of benzene rings is 1. The molecule has 1 aliphatic carbocycles. The van der Waals surface area contributed by atoms with E-state index in [1.807, 2.05) is 12.1 Å². The van der Waals surface area contributed by atoms with Crippen LogP contribution in [0.15, 0.2) is 24.3 Å². The number of methoxy groups -OCH3 is 1. The molecule has 3 N–H and O–H groups in total. The van der Waals surface area contributed by atoms with Crippen LogP contribution in [0, 0.1) is 0 Å². The molecule has 1 aromatic carbocycles. The minimum atomic E-state index is 0.400. The summed E-state index contributed by atoms with van der Waals surface area (Å²) in [5.74, 6) is 1.30. The molecule has 0 saturated heterocycles. The lowest BCUT2D eigenvalue weighted by molar-refractivity contribution is 0.414. The summed E-state index contributed by atoms with van der Waals surface area (Å²) < 4.78 is 5.18. The first-order chi connectivity index (χ1) is 8.83. The Kier molecular flexibility index (Phi) is 5.02. The Morgan fingerprint density at radius 1 is 1.28 bits per heavy atom. The van der Waals surface area contributed by atoms with Gasteiger partial charge in [0.2, 0.25) is 0 Å². The molecule has 0 radical (unpaired) electrons. The molecule has 18 heavy (non-hydrogen) atoms. The van der Waals surface area contributed by atoms with Gasteiger partial charge in [-0.2, -0.15) is 0 Å². The molecular formula is C15H24N2O. The second-order valence-electron chi connectivity index (χ2n) is 5.10. The van der Waals surface area contributed by atoms with E-state index in [2.05, 4.69) is 17.4 Å². The molecule has 1 fully saturated rings. The van der Waals surface area contributed by atoms with Crippen LogP contribution >= 0.6 is 0 Å². The van der Waals surface area contributed by atoms with Gasteiger partial charge in [0.05, 0.1) is 7.11 Å². The average Bonchev–Trinajstić information content (AvgIpc) is 2.93. The van der Waals surface area contributed by atoms with E-state index < -0.39 is 0 Å². The van der Waals surface area contributed by atoms with Gasteiger partial charge in [0, 0.05) is 25.0 Å². The summed E-state index contributed by atoms with van der Waals surface area (Å²) >= 11 is 0. The second kappa shape index (κ2) is 6.76. The largest absolute Gasteiger partial charge is 0.497 e. The van der Waals surface area contributed by atoms with E-state index in [-0.39, 0.29) is 0 Å². The van der Waals surface area contributed by atoms with Gasteiger partial charge in [-0.15, -0.1) is 0 Å².